The molecule has 0 unspecified atom stereocenters. The third-order valence-corrected chi connectivity index (χ3v) is 4.40. The summed E-state index contributed by atoms with van der Waals surface area (Å²) in [5.41, 5.74) is 1.62. The van der Waals surface area contributed by atoms with Crippen molar-refractivity contribution in [2.45, 2.75) is 25.0 Å². The second kappa shape index (κ2) is 6.31. The van der Waals surface area contributed by atoms with Gasteiger partial charge in [0.1, 0.15) is 6.61 Å². The molecule has 1 aliphatic carbocycles. The van der Waals surface area contributed by atoms with Crippen LogP contribution in [-0.4, -0.2) is 6.09 Å². The summed E-state index contributed by atoms with van der Waals surface area (Å²) < 4.78 is 6.19. The van der Waals surface area contributed by atoms with Crippen LogP contribution in [0.15, 0.2) is 53.0 Å². The number of carbonyl (C=O) groups excluding carboxylic acids is 1. The number of alkyl carbamates (subject to hydrolysis) is 1. The molecule has 0 saturated heterocycles. The average molecular weight is 381 g/mol. The van der Waals surface area contributed by atoms with Crippen LogP contribution in [0.5, 0.6) is 0 Å². The Morgan fingerprint density at radius 3 is 2.59 bits per heavy atom. The smallest absolute Gasteiger partial charge is 0.408 e. The van der Waals surface area contributed by atoms with Gasteiger partial charge in [-0.15, -0.1) is 0 Å². The lowest BCUT2D eigenvalue weighted by Gasteiger charge is -2.18. The Morgan fingerprint density at radius 2 is 1.95 bits per heavy atom. The minimum Gasteiger partial charge on any atom is -0.445 e. The second-order valence-corrected chi connectivity index (χ2v) is 6.78. The van der Waals surface area contributed by atoms with Gasteiger partial charge in [0.25, 0.3) is 0 Å². The van der Waals surface area contributed by atoms with E-state index in [1.807, 2.05) is 48.5 Å². The molecule has 0 heterocycles. The monoisotopic (exact) mass is 379 g/mol. The van der Waals surface area contributed by atoms with E-state index >= 15 is 0 Å². The van der Waals surface area contributed by atoms with Crippen LogP contribution in [0.1, 0.15) is 24.0 Å². The van der Waals surface area contributed by atoms with Gasteiger partial charge in [-0.3, -0.25) is 0 Å². The first-order valence-electron chi connectivity index (χ1n) is 7.03. The molecule has 2 aromatic rings. The third kappa shape index (κ3) is 3.62. The van der Waals surface area contributed by atoms with Crippen molar-refractivity contribution in [3.05, 3.63) is 69.2 Å². The van der Waals surface area contributed by atoms with E-state index in [2.05, 4.69) is 21.2 Å². The van der Waals surface area contributed by atoms with Crippen LogP contribution in [0.25, 0.3) is 0 Å². The highest BCUT2D eigenvalue weighted by atomic mass is 79.9. The normalized spacial score (nSPS) is 15.2. The topological polar surface area (TPSA) is 38.3 Å². The second-order valence-electron chi connectivity index (χ2n) is 5.43. The van der Waals surface area contributed by atoms with Gasteiger partial charge in [0.05, 0.1) is 5.54 Å². The Hall–Kier alpha value is -1.52. The number of rotatable bonds is 4. The maximum absolute atomic E-state index is 12.0. The van der Waals surface area contributed by atoms with Gasteiger partial charge >= 0.3 is 6.09 Å². The summed E-state index contributed by atoms with van der Waals surface area (Å²) in [5, 5.41) is 3.62. The van der Waals surface area contributed by atoms with Crippen LogP contribution in [-0.2, 0) is 16.9 Å². The maximum atomic E-state index is 12.0. The number of benzene rings is 2. The standard InChI is InChI=1S/C17H15BrClNO2/c18-14-8-13(9-15(19)10-14)17(6-7-17)20-16(21)22-11-12-4-2-1-3-5-12/h1-5,8-10H,6-7,11H2,(H,20,21). The Labute approximate surface area is 142 Å². The Morgan fingerprint density at radius 1 is 1.23 bits per heavy atom. The number of hydrogen-bond donors (Lipinski definition) is 1. The van der Waals surface area contributed by atoms with E-state index in [4.69, 9.17) is 16.3 Å². The summed E-state index contributed by atoms with van der Waals surface area (Å²) in [5.74, 6) is 0. The van der Waals surface area contributed by atoms with Crippen LogP contribution in [0, 0.1) is 0 Å². The van der Waals surface area contributed by atoms with E-state index in [0.717, 1.165) is 28.4 Å². The van der Waals surface area contributed by atoms with Crippen molar-refractivity contribution in [1.82, 2.24) is 5.32 Å². The van der Waals surface area contributed by atoms with Gasteiger partial charge in [-0.05, 0) is 42.2 Å². The highest BCUT2D eigenvalue weighted by molar-refractivity contribution is 9.10. The molecule has 1 N–H and O–H groups in total. The van der Waals surface area contributed by atoms with Crippen LogP contribution in [0.4, 0.5) is 4.79 Å². The van der Waals surface area contributed by atoms with E-state index in [1.54, 1.807) is 0 Å². The summed E-state index contributed by atoms with van der Waals surface area (Å²) in [4.78, 5) is 12.0. The minimum absolute atomic E-state index is 0.266. The molecule has 114 valence electrons. The Bertz CT molecular complexity index is 666. The summed E-state index contributed by atoms with van der Waals surface area (Å²) in [6.45, 7) is 0.266. The van der Waals surface area contributed by atoms with Gasteiger partial charge in [0.15, 0.2) is 0 Å². The molecule has 0 bridgehead atoms. The molecular formula is C17H15BrClNO2. The number of hydrogen-bond acceptors (Lipinski definition) is 2. The van der Waals surface area contributed by atoms with Gasteiger partial charge in [-0.25, -0.2) is 4.79 Å². The molecule has 2 aromatic carbocycles. The zero-order valence-corrected chi connectivity index (χ0v) is 14.2. The fourth-order valence-electron chi connectivity index (χ4n) is 2.40. The zero-order chi connectivity index (χ0) is 15.6. The van der Waals surface area contributed by atoms with Gasteiger partial charge in [0, 0.05) is 9.50 Å². The molecule has 22 heavy (non-hydrogen) atoms. The number of carbonyl (C=O) groups is 1. The largest absolute Gasteiger partial charge is 0.445 e. The predicted octanol–water partition coefficient (Wildman–Crippen LogP) is 5.02. The third-order valence-electron chi connectivity index (χ3n) is 3.72. The summed E-state index contributed by atoms with van der Waals surface area (Å²) in [6.07, 6.45) is 1.37. The molecular weight excluding hydrogens is 366 g/mol. The van der Waals surface area contributed by atoms with Crippen molar-refractivity contribution < 1.29 is 9.53 Å². The highest BCUT2D eigenvalue weighted by Gasteiger charge is 2.46. The quantitative estimate of drug-likeness (QED) is 0.809. The van der Waals surface area contributed by atoms with E-state index in [9.17, 15) is 4.79 Å². The van der Waals surface area contributed by atoms with Crippen molar-refractivity contribution >= 4 is 33.6 Å². The highest BCUT2D eigenvalue weighted by Crippen LogP contribution is 2.46. The number of halogens is 2. The molecule has 5 heteroatoms. The van der Waals surface area contributed by atoms with Crippen LogP contribution in [0.2, 0.25) is 5.02 Å². The van der Waals surface area contributed by atoms with Gasteiger partial charge < -0.3 is 10.1 Å². The molecule has 1 amide bonds. The van der Waals surface area contributed by atoms with E-state index in [1.165, 1.54) is 0 Å². The van der Waals surface area contributed by atoms with Gasteiger partial charge in [0.2, 0.25) is 0 Å². The number of amides is 1. The Kier molecular flexibility index (Phi) is 4.41. The van der Waals surface area contributed by atoms with Gasteiger partial charge in [-0.1, -0.05) is 57.9 Å². The molecule has 0 atom stereocenters. The van der Waals surface area contributed by atoms with Crippen molar-refractivity contribution in [2.75, 3.05) is 0 Å². The number of ether oxygens (including phenoxy) is 1. The fraction of sp³-hybridized carbons (Fsp3) is 0.235. The Balaban J connectivity index is 1.63. The SMILES string of the molecule is O=C(NC1(c2cc(Cl)cc(Br)c2)CC1)OCc1ccccc1. The molecule has 3 rings (SSSR count). The molecule has 3 nitrogen and oxygen atoms in total. The lowest BCUT2D eigenvalue weighted by molar-refractivity contribution is 0.134. The van der Waals surface area contributed by atoms with Crippen molar-refractivity contribution in [3.63, 3.8) is 0 Å². The molecule has 1 fully saturated rings. The molecule has 0 radical (unpaired) electrons. The summed E-state index contributed by atoms with van der Waals surface area (Å²) in [6, 6.07) is 15.3. The lowest BCUT2D eigenvalue weighted by atomic mass is 10.1. The summed E-state index contributed by atoms with van der Waals surface area (Å²) in [7, 11) is 0. The van der Waals surface area contributed by atoms with Gasteiger partial charge in [-0.2, -0.15) is 0 Å². The van der Waals surface area contributed by atoms with Crippen LogP contribution >= 0.6 is 27.5 Å². The average Bonchev–Trinajstić information content (AvgIpc) is 3.26. The summed E-state index contributed by atoms with van der Waals surface area (Å²) >= 11 is 9.52. The molecule has 0 aliphatic heterocycles. The van der Waals surface area contributed by atoms with Crippen molar-refractivity contribution in [1.29, 1.82) is 0 Å². The number of nitrogens with one attached hydrogen (secondary N) is 1. The molecule has 0 spiro atoms. The molecule has 1 saturated carbocycles. The molecule has 1 aliphatic rings. The maximum Gasteiger partial charge on any atom is 0.408 e. The van der Waals surface area contributed by atoms with Crippen LogP contribution in [0.3, 0.4) is 0 Å². The van der Waals surface area contributed by atoms with Crippen molar-refractivity contribution in [3.8, 4) is 0 Å². The fourth-order valence-corrected chi connectivity index (χ4v) is 3.26. The first-order chi connectivity index (χ1) is 10.6. The zero-order valence-electron chi connectivity index (χ0n) is 11.8. The first-order valence-corrected chi connectivity index (χ1v) is 8.20. The predicted molar refractivity (Wildman–Crippen MR) is 89.8 cm³/mol. The van der Waals surface area contributed by atoms with Crippen molar-refractivity contribution in [2.24, 2.45) is 0 Å². The first kappa shape index (κ1) is 15.4. The van der Waals surface area contributed by atoms with Crippen LogP contribution < -0.4 is 5.32 Å². The van der Waals surface area contributed by atoms with E-state index in [0.29, 0.717) is 5.02 Å². The minimum atomic E-state index is -0.405. The molecule has 0 aromatic heterocycles. The van der Waals surface area contributed by atoms with E-state index in [-0.39, 0.29) is 12.1 Å². The van der Waals surface area contributed by atoms with E-state index < -0.39 is 6.09 Å². The lowest BCUT2D eigenvalue weighted by Crippen LogP contribution is -2.35.